The Morgan fingerprint density at radius 3 is 2.71 bits per heavy atom. The van der Waals surface area contributed by atoms with Gasteiger partial charge in [0.05, 0.1) is 0 Å². The maximum Gasteiger partial charge on any atom is 0.203 e. The zero-order chi connectivity index (χ0) is 14.1. The van der Waals surface area contributed by atoms with E-state index < -0.39 is 0 Å². The lowest BCUT2D eigenvalue weighted by atomic mass is 9.95. The van der Waals surface area contributed by atoms with Gasteiger partial charge in [0.2, 0.25) is 5.95 Å². The van der Waals surface area contributed by atoms with Crippen LogP contribution >= 0.6 is 0 Å². The fourth-order valence-corrected chi connectivity index (χ4v) is 4.66. The molecule has 0 spiro atoms. The Bertz CT molecular complexity index is 463. The highest BCUT2D eigenvalue weighted by Gasteiger charge is 2.36. The molecule has 3 fully saturated rings. The van der Waals surface area contributed by atoms with Crippen LogP contribution in [0.3, 0.4) is 0 Å². The highest BCUT2D eigenvalue weighted by molar-refractivity contribution is 5.30. The molecule has 2 saturated heterocycles. The molecule has 1 aromatic heterocycles. The van der Waals surface area contributed by atoms with E-state index in [9.17, 15) is 0 Å². The molecule has 1 N–H and O–H groups in total. The Morgan fingerprint density at radius 1 is 0.952 bits per heavy atom. The lowest BCUT2D eigenvalue weighted by Crippen LogP contribution is -2.42. The van der Waals surface area contributed by atoms with E-state index >= 15 is 0 Å². The van der Waals surface area contributed by atoms with Crippen molar-refractivity contribution >= 4 is 5.95 Å². The second kappa shape index (κ2) is 5.99. The number of anilines is 1. The molecular weight excluding hydrogens is 260 g/mol. The van der Waals surface area contributed by atoms with Crippen molar-refractivity contribution in [2.75, 3.05) is 18.4 Å². The highest BCUT2D eigenvalue weighted by Crippen LogP contribution is 2.32. The van der Waals surface area contributed by atoms with Crippen LogP contribution in [0.4, 0.5) is 5.95 Å². The minimum atomic E-state index is 0.607. The standard InChI is InChI=1S/C17H28N4/c1-2-6-14(7-3-1)21-13-10-18-17(21)19-15-9-12-20-11-5-4-8-16(15)20/h10,13-16H,1-9,11-12H2,(H,18,19). The van der Waals surface area contributed by atoms with Gasteiger partial charge >= 0.3 is 0 Å². The van der Waals surface area contributed by atoms with Crippen molar-refractivity contribution in [3.8, 4) is 0 Å². The van der Waals surface area contributed by atoms with Crippen molar-refractivity contribution in [1.82, 2.24) is 14.5 Å². The molecule has 2 aliphatic heterocycles. The van der Waals surface area contributed by atoms with Crippen molar-refractivity contribution < 1.29 is 0 Å². The predicted molar refractivity (Wildman–Crippen MR) is 85.6 cm³/mol. The maximum atomic E-state index is 4.63. The lowest BCUT2D eigenvalue weighted by Gasteiger charge is -2.33. The lowest BCUT2D eigenvalue weighted by molar-refractivity contribution is 0.192. The zero-order valence-corrected chi connectivity index (χ0v) is 13.0. The predicted octanol–water partition coefficient (Wildman–Crippen LogP) is 3.43. The van der Waals surface area contributed by atoms with Gasteiger partial charge in [-0.1, -0.05) is 25.7 Å². The van der Waals surface area contributed by atoms with Gasteiger partial charge in [0.15, 0.2) is 0 Å². The molecule has 0 aromatic carbocycles. The first-order valence-corrected chi connectivity index (χ1v) is 8.95. The van der Waals surface area contributed by atoms with Crippen LogP contribution < -0.4 is 5.32 Å². The SMILES string of the molecule is c1cn(C2CCCCC2)c(NC2CCN3CCCCC23)n1. The van der Waals surface area contributed by atoms with Gasteiger partial charge in [-0.05, 0) is 38.6 Å². The fraction of sp³-hybridized carbons (Fsp3) is 0.824. The number of aromatic nitrogens is 2. The third kappa shape index (κ3) is 2.70. The molecule has 1 aromatic rings. The summed E-state index contributed by atoms with van der Waals surface area (Å²) >= 11 is 0. The Morgan fingerprint density at radius 2 is 1.81 bits per heavy atom. The molecule has 1 aliphatic carbocycles. The molecule has 4 heteroatoms. The Balaban J connectivity index is 1.46. The van der Waals surface area contributed by atoms with Crippen LogP contribution in [-0.4, -0.2) is 39.6 Å². The Hall–Kier alpha value is -1.03. The van der Waals surface area contributed by atoms with E-state index in [1.165, 1.54) is 70.9 Å². The molecule has 2 unspecified atom stereocenters. The van der Waals surface area contributed by atoms with Crippen molar-refractivity contribution in [2.45, 2.75) is 75.9 Å². The summed E-state index contributed by atoms with van der Waals surface area (Å²) in [7, 11) is 0. The number of nitrogens with zero attached hydrogens (tertiary/aromatic N) is 3. The summed E-state index contributed by atoms with van der Waals surface area (Å²) in [6.07, 6.45) is 16.4. The first-order valence-electron chi connectivity index (χ1n) is 8.95. The smallest absolute Gasteiger partial charge is 0.203 e. The molecule has 4 rings (SSSR count). The van der Waals surface area contributed by atoms with E-state index in [4.69, 9.17) is 0 Å². The first kappa shape index (κ1) is 13.6. The minimum absolute atomic E-state index is 0.607. The molecule has 3 aliphatic rings. The van der Waals surface area contributed by atoms with E-state index in [2.05, 4.69) is 26.0 Å². The summed E-state index contributed by atoms with van der Waals surface area (Å²) < 4.78 is 2.42. The molecule has 0 amide bonds. The third-order valence-corrected chi connectivity index (χ3v) is 5.81. The number of hydrogen-bond donors (Lipinski definition) is 1. The zero-order valence-electron chi connectivity index (χ0n) is 13.0. The normalized spacial score (nSPS) is 31.2. The van der Waals surface area contributed by atoms with Gasteiger partial charge in [-0.15, -0.1) is 0 Å². The Kier molecular flexibility index (Phi) is 3.89. The van der Waals surface area contributed by atoms with Gasteiger partial charge < -0.3 is 9.88 Å². The number of nitrogens with one attached hydrogen (secondary N) is 1. The number of rotatable bonds is 3. The second-order valence-corrected chi connectivity index (χ2v) is 7.09. The molecule has 4 nitrogen and oxygen atoms in total. The van der Waals surface area contributed by atoms with Crippen LogP contribution in [0.25, 0.3) is 0 Å². The number of imidazole rings is 1. The summed E-state index contributed by atoms with van der Waals surface area (Å²) in [5.74, 6) is 1.12. The monoisotopic (exact) mass is 288 g/mol. The van der Waals surface area contributed by atoms with Gasteiger partial charge in [-0.3, -0.25) is 4.90 Å². The van der Waals surface area contributed by atoms with Crippen LogP contribution in [0.2, 0.25) is 0 Å². The average molecular weight is 288 g/mol. The van der Waals surface area contributed by atoms with Crippen LogP contribution in [-0.2, 0) is 0 Å². The number of fused-ring (bicyclic) bond motifs is 1. The van der Waals surface area contributed by atoms with Crippen molar-refractivity contribution in [2.24, 2.45) is 0 Å². The summed E-state index contributed by atoms with van der Waals surface area (Å²) in [6.45, 7) is 2.58. The van der Waals surface area contributed by atoms with Crippen LogP contribution in [0.1, 0.15) is 63.8 Å². The fourth-order valence-electron chi connectivity index (χ4n) is 4.66. The van der Waals surface area contributed by atoms with E-state index in [0.29, 0.717) is 12.1 Å². The number of piperidine rings is 1. The molecule has 2 atom stereocenters. The molecule has 116 valence electrons. The van der Waals surface area contributed by atoms with Crippen molar-refractivity contribution in [3.05, 3.63) is 12.4 Å². The molecule has 0 radical (unpaired) electrons. The molecule has 21 heavy (non-hydrogen) atoms. The average Bonchev–Trinajstić information content (AvgIpc) is 3.16. The second-order valence-electron chi connectivity index (χ2n) is 7.09. The summed E-state index contributed by atoms with van der Waals surface area (Å²) in [5.41, 5.74) is 0. The molecule has 0 bridgehead atoms. The maximum absolute atomic E-state index is 4.63. The van der Waals surface area contributed by atoms with Gasteiger partial charge in [0.25, 0.3) is 0 Å². The topological polar surface area (TPSA) is 33.1 Å². The quantitative estimate of drug-likeness (QED) is 0.925. The summed E-state index contributed by atoms with van der Waals surface area (Å²) in [5, 5.41) is 3.80. The van der Waals surface area contributed by atoms with Gasteiger partial charge in [0.1, 0.15) is 0 Å². The van der Waals surface area contributed by atoms with Crippen LogP contribution in [0.15, 0.2) is 12.4 Å². The molecular formula is C17H28N4. The highest BCUT2D eigenvalue weighted by atomic mass is 15.3. The van der Waals surface area contributed by atoms with Crippen molar-refractivity contribution in [1.29, 1.82) is 0 Å². The first-order chi connectivity index (χ1) is 10.4. The van der Waals surface area contributed by atoms with Gasteiger partial charge in [0, 0.05) is 37.1 Å². The van der Waals surface area contributed by atoms with Gasteiger partial charge in [-0.2, -0.15) is 0 Å². The van der Waals surface area contributed by atoms with E-state index in [0.717, 1.165) is 12.0 Å². The third-order valence-electron chi connectivity index (χ3n) is 5.81. The van der Waals surface area contributed by atoms with Crippen LogP contribution in [0.5, 0.6) is 0 Å². The van der Waals surface area contributed by atoms with Gasteiger partial charge in [-0.25, -0.2) is 4.98 Å². The Labute approximate surface area is 127 Å². The van der Waals surface area contributed by atoms with E-state index in [1.54, 1.807) is 0 Å². The largest absolute Gasteiger partial charge is 0.351 e. The van der Waals surface area contributed by atoms with Crippen LogP contribution in [0, 0.1) is 0 Å². The summed E-state index contributed by atoms with van der Waals surface area (Å²) in [4.78, 5) is 7.32. The summed E-state index contributed by atoms with van der Waals surface area (Å²) in [6, 6.07) is 2.03. The molecule has 1 saturated carbocycles. The minimum Gasteiger partial charge on any atom is -0.351 e. The molecule has 3 heterocycles. The number of hydrogen-bond acceptors (Lipinski definition) is 3. The van der Waals surface area contributed by atoms with E-state index in [1.807, 2.05) is 6.20 Å². The van der Waals surface area contributed by atoms with Crippen molar-refractivity contribution in [3.63, 3.8) is 0 Å². The van der Waals surface area contributed by atoms with E-state index in [-0.39, 0.29) is 0 Å².